The molecule has 1 N–H and O–H groups in total. The predicted molar refractivity (Wildman–Crippen MR) is 127 cm³/mol. The van der Waals surface area contributed by atoms with Crippen LogP contribution < -0.4 is 15.1 Å². The highest BCUT2D eigenvalue weighted by atomic mass is 32.2. The highest BCUT2D eigenvalue weighted by molar-refractivity contribution is 7.89. The first kappa shape index (κ1) is 24.7. The van der Waals surface area contributed by atoms with Gasteiger partial charge in [-0.2, -0.15) is 4.72 Å². The number of aryl methyl sites for hydroxylation is 2. The van der Waals surface area contributed by atoms with Gasteiger partial charge in [0.1, 0.15) is 17.4 Å². The van der Waals surface area contributed by atoms with E-state index in [4.69, 9.17) is 9.15 Å². The van der Waals surface area contributed by atoms with Gasteiger partial charge in [-0.25, -0.2) is 18.0 Å². The van der Waals surface area contributed by atoms with Crippen molar-refractivity contribution in [2.75, 3.05) is 0 Å². The zero-order valence-electron chi connectivity index (χ0n) is 19.3. The summed E-state index contributed by atoms with van der Waals surface area (Å²) in [6.07, 6.45) is 1.85. The first-order valence-corrected chi connectivity index (χ1v) is 12.4. The van der Waals surface area contributed by atoms with Crippen LogP contribution in [-0.4, -0.2) is 20.4 Å². The van der Waals surface area contributed by atoms with E-state index in [0.29, 0.717) is 5.58 Å². The number of carbonyl (C=O) groups excluding carboxylic acids is 1. The molecular formula is C25H29NO6S. The van der Waals surface area contributed by atoms with Crippen LogP contribution in [0.5, 0.6) is 5.75 Å². The normalized spacial score (nSPS) is 12.8. The van der Waals surface area contributed by atoms with Gasteiger partial charge in [-0.3, -0.25) is 0 Å². The summed E-state index contributed by atoms with van der Waals surface area (Å²) in [5.41, 5.74) is 1.64. The second kappa shape index (κ2) is 10.3. The Bertz CT molecular complexity index is 1290. The van der Waals surface area contributed by atoms with Crippen molar-refractivity contribution in [2.45, 2.75) is 57.9 Å². The Kier molecular flexibility index (Phi) is 7.71. The summed E-state index contributed by atoms with van der Waals surface area (Å²) in [4.78, 5) is 24.9. The lowest BCUT2D eigenvalue weighted by Crippen LogP contribution is -2.43. The van der Waals surface area contributed by atoms with Crippen molar-refractivity contribution in [2.24, 2.45) is 5.92 Å². The molecule has 0 aliphatic rings. The maximum Gasteiger partial charge on any atom is 0.336 e. The highest BCUT2D eigenvalue weighted by Gasteiger charge is 2.28. The Hall–Kier alpha value is -2.97. The van der Waals surface area contributed by atoms with Crippen molar-refractivity contribution >= 4 is 27.0 Å². The Balaban J connectivity index is 1.86. The monoisotopic (exact) mass is 471 g/mol. The van der Waals surface area contributed by atoms with E-state index < -0.39 is 27.7 Å². The molecule has 1 heterocycles. The summed E-state index contributed by atoms with van der Waals surface area (Å²) >= 11 is 0. The number of ether oxygens (including phenoxy) is 1. The molecule has 7 nitrogen and oxygen atoms in total. The van der Waals surface area contributed by atoms with Crippen molar-refractivity contribution in [3.05, 3.63) is 70.1 Å². The summed E-state index contributed by atoms with van der Waals surface area (Å²) in [6.45, 7) is 7.66. The van der Waals surface area contributed by atoms with Gasteiger partial charge < -0.3 is 9.15 Å². The molecule has 1 atom stereocenters. The first-order chi connectivity index (χ1) is 15.6. The third-order valence-electron chi connectivity index (χ3n) is 5.16. The third-order valence-corrected chi connectivity index (χ3v) is 6.65. The third kappa shape index (κ3) is 6.30. The van der Waals surface area contributed by atoms with Crippen LogP contribution in [0, 0.1) is 12.8 Å². The molecule has 0 aliphatic heterocycles. The fourth-order valence-corrected chi connectivity index (χ4v) is 4.77. The standard InChI is InChI=1S/C25H29NO6S/c1-5-6-18-14-24(27)32-23-15-19(9-12-21(18)23)31-25(28)22(13-16(2)3)26-33(29,30)20-10-7-17(4)8-11-20/h7-12,14-16,22,26H,5-6,13H2,1-4H3/t22-/m0/s1. The summed E-state index contributed by atoms with van der Waals surface area (Å²) < 4.78 is 38.9. The zero-order chi connectivity index (χ0) is 24.2. The van der Waals surface area contributed by atoms with Crippen LogP contribution in [-0.2, 0) is 21.2 Å². The van der Waals surface area contributed by atoms with Crippen LogP contribution in [0.15, 0.2) is 62.6 Å². The van der Waals surface area contributed by atoms with E-state index in [9.17, 15) is 18.0 Å². The molecule has 0 radical (unpaired) electrons. The molecule has 33 heavy (non-hydrogen) atoms. The minimum absolute atomic E-state index is 0.0366. The number of sulfonamides is 1. The Labute approximate surface area is 193 Å². The number of hydrogen-bond acceptors (Lipinski definition) is 6. The quantitative estimate of drug-likeness (QED) is 0.283. The smallest absolute Gasteiger partial charge is 0.336 e. The lowest BCUT2D eigenvalue weighted by atomic mass is 10.0. The van der Waals surface area contributed by atoms with Gasteiger partial charge in [0.2, 0.25) is 10.0 Å². The number of hydrogen-bond donors (Lipinski definition) is 1. The summed E-state index contributed by atoms with van der Waals surface area (Å²) in [7, 11) is -3.92. The predicted octanol–water partition coefficient (Wildman–Crippen LogP) is 4.35. The molecule has 0 spiro atoms. The van der Waals surface area contributed by atoms with Gasteiger partial charge in [-0.15, -0.1) is 0 Å². The van der Waals surface area contributed by atoms with Crippen molar-refractivity contribution in [3.63, 3.8) is 0 Å². The van der Waals surface area contributed by atoms with E-state index in [1.54, 1.807) is 24.3 Å². The van der Waals surface area contributed by atoms with E-state index in [1.807, 2.05) is 27.7 Å². The Morgan fingerprint density at radius 3 is 2.42 bits per heavy atom. The SMILES string of the molecule is CCCc1cc(=O)oc2cc(OC(=O)[C@H](CC(C)C)NS(=O)(=O)c3ccc(C)cc3)ccc12. The molecule has 0 bridgehead atoms. The number of fused-ring (bicyclic) bond motifs is 1. The van der Waals surface area contributed by atoms with E-state index in [-0.39, 0.29) is 23.0 Å². The summed E-state index contributed by atoms with van der Waals surface area (Å²) in [6, 6.07) is 11.6. The molecule has 176 valence electrons. The van der Waals surface area contributed by atoms with Crippen LogP contribution in [0.3, 0.4) is 0 Å². The van der Waals surface area contributed by atoms with Crippen molar-refractivity contribution < 1.29 is 22.4 Å². The lowest BCUT2D eigenvalue weighted by Gasteiger charge is -2.19. The number of nitrogens with one attached hydrogen (secondary N) is 1. The topological polar surface area (TPSA) is 103 Å². The van der Waals surface area contributed by atoms with Crippen molar-refractivity contribution in [1.82, 2.24) is 4.72 Å². The van der Waals surface area contributed by atoms with Crippen molar-refractivity contribution in [1.29, 1.82) is 0 Å². The molecule has 1 aromatic heterocycles. The molecule has 0 unspecified atom stereocenters. The van der Waals surface area contributed by atoms with Gasteiger partial charge in [0.05, 0.1) is 4.90 Å². The highest BCUT2D eigenvalue weighted by Crippen LogP contribution is 2.24. The van der Waals surface area contributed by atoms with Crippen molar-refractivity contribution in [3.8, 4) is 5.75 Å². The van der Waals surface area contributed by atoms with Crippen LogP contribution in [0.25, 0.3) is 11.0 Å². The molecule has 8 heteroatoms. The average molecular weight is 472 g/mol. The minimum atomic E-state index is -3.92. The Morgan fingerprint density at radius 2 is 1.79 bits per heavy atom. The molecule has 0 saturated carbocycles. The number of rotatable bonds is 9. The zero-order valence-corrected chi connectivity index (χ0v) is 20.1. The van der Waals surface area contributed by atoms with Crippen LogP contribution >= 0.6 is 0 Å². The average Bonchev–Trinajstić information content (AvgIpc) is 2.73. The fraction of sp³-hybridized carbons (Fsp3) is 0.360. The lowest BCUT2D eigenvalue weighted by molar-refractivity contribution is -0.136. The van der Waals surface area contributed by atoms with E-state index in [1.165, 1.54) is 24.3 Å². The molecule has 0 aliphatic carbocycles. The van der Waals surface area contributed by atoms with Gasteiger partial charge in [-0.1, -0.05) is 44.9 Å². The maximum absolute atomic E-state index is 12.9. The minimum Gasteiger partial charge on any atom is -0.425 e. The van der Waals surface area contributed by atoms with Gasteiger partial charge in [-0.05, 0) is 55.5 Å². The molecule has 2 aromatic carbocycles. The van der Waals surface area contributed by atoms with Crippen LogP contribution in [0.1, 0.15) is 44.7 Å². The second-order valence-corrected chi connectivity index (χ2v) is 10.3. The summed E-state index contributed by atoms with van der Waals surface area (Å²) in [5.74, 6) is -0.520. The van der Waals surface area contributed by atoms with Gasteiger partial charge in [0.15, 0.2) is 0 Å². The largest absolute Gasteiger partial charge is 0.425 e. The van der Waals surface area contributed by atoms with Gasteiger partial charge in [0.25, 0.3) is 0 Å². The van der Waals surface area contributed by atoms with E-state index >= 15 is 0 Å². The maximum atomic E-state index is 12.9. The van der Waals surface area contributed by atoms with Crippen LogP contribution in [0.4, 0.5) is 0 Å². The van der Waals surface area contributed by atoms with Gasteiger partial charge >= 0.3 is 11.6 Å². The molecular weight excluding hydrogens is 442 g/mol. The second-order valence-electron chi connectivity index (χ2n) is 8.54. The molecule has 3 rings (SSSR count). The molecule has 0 amide bonds. The van der Waals surface area contributed by atoms with Gasteiger partial charge in [0, 0.05) is 17.5 Å². The summed E-state index contributed by atoms with van der Waals surface area (Å²) in [5, 5.41) is 0.773. The fourth-order valence-electron chi connectivity index (χ4n) is 3.57. The first-order valence-electron chi connectivity index (χ1n) is 11.0. The molecule has 3 aromatic rings. The van der Waals surface area contributed by atoms with E-state index in [0.717, 1.165) is 29.4 Å². The number of carbonyl (C=O) groups is 1. The Morgan fingerprint density at radius 1 is 1.09 bits per heavy atom. The molecule has 0 saturated heterocycles. The molecule has 0 fully saturated rings. The van der Waals surface area contributed by atoms with Crippen LogP contribution in [0.2, 0.25) is 0 Å². The number of esters is 1. The van der Waals surface area contributed by atoms with E-state index in [2.05, 4.69) is 4.72 Å². The number of benzene rings is 2.